The normalized spacial score (nSPS) is 10.2. The molecule has 1 heteroatoms. The van der Waals surface area contributed by atoms with Gasteiger partial charge >= 0.3 is 0 Å². The van der Waals surface area contributed by atoms with Crippen LogP contribution < -0.4 is 5.32 Å². The van der Waals surface area contributed by atoms with Crippen LogP contribution in [0.4, 0.5) is 0 Å². The fourth-order valence-electron chi connectivity index (χ4n) is 0.502. The van der Waals surface area contributed by atoms with Gasteiger partial charge in [-0.2, -0.15) is 0 Å². The molecule has 0 aromatic heterocycles. The highest BCUT2D eigenvalue weighted by Crippen LogP contribution is 1.93. The van der Waals surface area contributed by atoms with Crippen LogP contribution in [-0.4, -0.2) is 7.05 Å². The zero-order chi connectivity index (χ0) is 6.24. The Bertz CT molecular complexity index is 57.4. The smallest absolute Gasteiger partial charge is 0.0276 e. The van der Waals surface area contributed by atoms with Crippen LogP contribution >= 0.6 is 0 Å². The molecule has 0 saturated carbocycles. The van der Waals surface area contributed by atoms with Gasteiger partial charge in [0.25, 0.3) is 0 Å². The molecule has 0 spiro atoms. The lowest BCUT2D eigenvalue weighted by Crippen LogP contribution is -1.79. The molecule has 1 nitrogen and oxygen atoms in total. The van der Waals surface area contributed by atoms with Gasteiger partial charge in [0.05, 0.1) is 0 Å². The van der Waals surface area contributed by atoms with Crippen molar-refractivity contribution < 1.29 is 0 Å². The fourth-order valence-corrected chi connectivity index (χ4v) is 0.502. The van der Waals surface area contributed by atoms with E-state index in [4.69, 9.17) is 0 Å². The van der Waals surface area contributed by atoms with Gasteiger partial charge < -0.3 is 0 Å². The number of hydrogen-bond acceptors (Lipinski definition) is 0. The highest BCUT2D eigenvalue weighted by atomic mass is 14.8. The predicted octanol–water partition coefficient (Wildman–Crippen LogP) is 1.92. The average molecular weight is 112 g/mol. The Hall–Kier alpha value is -0.460. The van der Waals surface area contributed by atoms with Crippen molar-refractivity contribution in [3.8, 4) is 0 Å². The first-order valence-electron chi connectivity index (χ1n) is 3.15. The van der Waals surface area contributed by atoms with Crippen LogP contribution in [-0.2, 0) is 0 Å². The van der Waals surface area contributed by atoms with Crippen LogP contribution in [0.1, 0.15) is 26.2 Å². The highest BCUT2D eigenvalue weighted by molar-refractivity contribution is 4.76. The van der Waals surface area contributed by atoms with Crippen molar-refractivity contribution >= 4 is 0 Å². The molecule has 0 aromatic rings. The monoisotopic (exact) mass is 112 g/mol. The lowest BCUT2D eigenvalue weighted by molar-refractivity contribution is 0.810. The van der Waals surface area contributed by atoms with Gasteiger partial charge in [0.15, 0.2) is 0 Å². The summed E-state index contributed by atoms with van der Waals surface area (Å²) in [7, 11) is 1.79. The molecule has 47 valence electrons. The third kappa shape index (κ3) is 5.54. The predicted molar refractivity (Wildman–Crippen MR) is 36.7 cm³/mol. The van der Waals surface area contributed by atoms with Crippen molar-refractivity contribution in [3.63, 3.8) is 0 Å². The molecule has 0 amide bonds. The summed E-state index contributed by atoms with van der Waals surface area (Å²) in [6, 6.07) is 0. The third-order valence-corrected chi connectivity index (χ3v) is 0.979. The van der Waals surface area contributed by atoms with E-state index in [1.54, 1.807) is 7.05 Å². The summed E-state index contributed by atoms with van der Waals surface area (Å²) in [5, 5.41) is 3.83. The molecule has 0 bridgehead atoms. The van der Waals surface area contributed by atoms with Crippen LogP contribution in [0.25, 0.3) is 0 Å². The van der Waals surface area contributed by atoms with Crippen molar-refractivity contribution in [2.24, 2.45) is 0 Å². The summed E-state index contributed by atoms with van der Waals surface area (Å²) in [6.45, 7) is 2.19. The number of hydrogen-bond donors (Lipinski definition) is 0. The van der Waals surface area contributed by atoms with E-state index in [2.05, 4.69) is 18.3 Å². The SMILES string of the molecule is CCCC/C=C/[N]C. The van der Waals surface area contributed by atoms with Gasteiger partial charge in [-0.1, -0.05) is 25.8 Å². The molecule has 8 heavy (non-hydrogen) atoms. The van der Waals surface area contributed by atoms with Crippen LogP contribution in [0.2, 0.25) is 0 Å². The van der Waals surface area contributed by atoms with Gasteiger partial charge in [-0.15, -0.1) is 0 Å². The van der Waals surface area contributed by atoms with Crippen molar-refractivity contribution in [2.45, 2.75) is 26.2 Å². The maximum atomic E-state index is 3.83. The van der Waals surface area contributed by atoms with Crippen molar-refractivity contribution in [1.82, 2.24) is 5.32 Å². The van der Waals surface area contributed by atoms with Gasteiger partial charge in [-0.05, 0) is 6.42 Å². The van der Waals surface area contributed by atoms with E-state index >= 15 is 0 Å². The maximum absolute atomic E-state index is 3.83. The zero-order valence-corrected chi connectivity index (χ0v) is 5.72. The molecule has 0 N–H and O–H groups in total. The summed E-state index contributed by atoms with van der Waals surface area (Å²) in [6.07, 6.45) is 7.69. The minimum atomic E-state index is 1.17. The first kappa shape index (κ1) is 7.54. The Balaban J connectivity index is 2.80. The van der Waals surface area contributed by atoms with E-state index in [0.717, 1.165) is 0 Å². The summed E-state index contributed by atoms with van der Waals surface area (Å²) in [5.74, 6) is 0. The molecular formula is C7H14N. The van der Waals surface area contributed by atoms with Gasteiger partial charge in [-0.25, -0.2) is 0 Å². The Morgan fingerprint density at radius 2 is 2.25 bits per heavy atom. The average Bonchev–Trinajstić information content (AvgIpc) is 1.81. The number of nitrogens with zero attached hydrogens (tertiary/aromatic N) is 1. The van der Waals surface area contributed by atoms with Crippen LogP contribution in [0.5, 0.6) is 0 Å². The van der Waals surface area contributed by atoms with E-state index in [1.165, 1.54) is 19.3 Å². The molecule has 0 saturated heterocycles. The van der Waals surface area contributed by atoms with Crippen LogP contribution in [0.15, 0.2) is 12.3 Å². The number of allylic oxidation sites excluding steroid dienone is 1. The zero-order valence-electron chi connectivity index (χ0n) is 5.72. The van der Waals surface area contributed by atoms with E-state index < -0.39 is 0 Å². The van der Waals surface area contributed by atoms with E-state index in [1.807, 2.05) is 6.20 Å². The molecule has 0 aliphatic heterocycles. The van der Waals surface area contributed by atoms with Gasteiger partial charge in [0.1, 0.15) is 0 Å². The molecule has 0 aliphatic rings. The van der Waals surface area contributed by atoms with E-state index in [9.17, 15) is 0 Å². The fraction of sp³-hybridized carbons (Fsp3) is 0.714. The first-order chi connectivity index (χ1) is 3.91. The molecule has 0 aliphatic carbocycles. The van der Waals surface area contributed by atoms with Crippen LogP contribution in [0, 0.1) is 0 Å². The standard InChI is InChI=1S/C7H14N/c1-3-4-5-6-7-8-2/h6-7H,3-5H2,1-2H3/b7-6+. The summed E-state index contributed by atoms with van der Waals surface area (Å²) in [5.41, 5.74) is 0. The van der Waals surface area contributed by atoms with E-state index in [0.29, 0.717) is 0 Å². The number of unbranched alkanes of at least 4 members (excludes halogenated alkanes) is 2. The molecule has 1 radical (unpaired) electrons. The molecule has 0 aromatic carbocycles. The summed E-state index contributed by atoms with van der Waals surface area (Å²) in [4.78, 5) is 0. The highest BCUT2D eigenvalue weighted by Gasteiger charge is 1.74. The summed E-state index contributed by atoms with van der Waals surface area (Å²) < 4.78 is 0. The Labute approximate surface area is 51.8 Å². The molecule has 0 heterocycles. The third-order valence-electron chi connectivity index (χ3n) is 0.979. The van der Waals surface area contributed by atoms with Gasteiger partial charge in [-0.3, -0.25) is 5.32 Å². The van der Waals surface area contributed by atoms with Gasteiger partial charge in [0.2, 0.25) is 0 Å². The molecular weight excluding hydrogens is 98.1 g/mol. The van der Waals surface area contributed by atoms with Crippen molar-refractivity contribution in [3.05, 3.63) is 12.3 Å². The maximum Gasteiger partial charge on any atom is 0.0276 e. The molecule has 0 unspecified atom stereocenters. The minimum Gasteiger partial charge on any atom is -0.297 e. The van der Waals surface area contributed by atoms with Gasteiger partial charge in [0, 0.05) is 13.2 Å². The molecule has 0 rings (SSSR count). The lowest BCUT2D eigenvalue weighted by atomic mass is 10.2. The largest absolute Gasteiger partial charge is 0.297 e. The second-order valence-electron chi connectivity index (χ2n) is 1.79. The quantitative estimate of drug-likeness (QED) is 0.493. The van der Waals surface area contributed by atoms with Crippen LogP contribution in [0.3, 0.4) is 0 Å². The Morgan fingerprint density at radius 1 is 1.50 bits per heavy atom. The van der Waals surface area contributed by atoms with E-state index in [-0.39, 0.29) is 0 Å². The molecule has 0 fully saturated rings. The molecule has 0 atom stereocenters. The second-order valence-corrected chi connectivity index (χ2v) is 1.79. The number of rotatable bonds is 4. The Kier molecular flexibility index (Phi) is 6.16. The topological polar surface area (TPSA) is 14.1 Å². The second kappa shape index (κ2) is 6.54. The van der Waals surface area contributed by atoms with Crippen molar-refractivity contribution in [1.29, 1.82) is 0 Å². The minimum absolute atomic E-state index is 1.17. The van der Waals surface area contributed by atoms with Crippen molar-refractivity contribution in [2.75, 3.05) is 7.05 Å². The first-order valence-corrected chi connectivity index (χ1v) is 3.15. The Morgan fingerprint density at radius 3 is 2.75 bits per heavy atom. The lowest BCUT2D eigenvalue weighted by Gasteiger charge is -1.85. The summed E-state index contributed by atoms with van der Waals surface area (Å²) >= 11 is 0.